The van der Waals surface area contributed by atoms with Gasteiger partial charge in [0.05, 0.1) is 56.4 Å². The molecule has 0 radical (unpaired) electrons. The van der Waals surface area contributed by atoms with Crippen molar-refractivity contribution in [2.24, 2.45) is 0 Å². The molecule has 10 aromatic rings. The molecule has 0 spiro atoms. The van der Waals surface area contributed by atoms with Crippen molar-refractivity contribution in [2.45, 2.75) is 0 Å². The molecule has 7 aromatic carbocycles. The SMILES string of the molecule is N#Cc1cccc(-n2c3c(ccc4c3c3ccccc3n4-c3ccccc3)c3ccc4c(c5c(C#N)cccc5n4-c4ccccc4)c32)c1. The maximum Gasteiger partial charge on any atom is 0.0999 e. The van der Waals surface area contributed by atoms with E-state index in [1.807, 2.05) is 54.6 Å². The van der Waals surface area contributed by atoms with Crippen molar-refractivity contribution in [3.63, 3.8) is 0 Å². The lowest BCUT2D eigenvalue weighted by atomic mass is 10.0. The van der Waals surface area contributed by atoms with Crippen LogP contribution in [0.4, 0.5) is 0 Å². The molecule has 5 heteroatoms. The maximum atomic E-state index is 10.5. The zero-order chi connectivity index (χ0) is 32.6. The zero-order valence-electron chi connectivity index (χ0n) is 26.2. The molecule has 3 aromatic heterocycles. The third kappa shape index (κ3) is 3.67. The molecule has 0 bridgehead atoms. The summed E-state index contributed by atoms with van der Waals surface area (Å²) < 4.78 is 6.93. The van der Waals surface area contributed by atoms with Gasteiger partial charge in [0.2, 0.25) is 0 Å². The van der Waals surface area contributed by atoms with Crippen LogP contribution in [0, 0.1) is 22.7 Å². The Morgan fingerprint density at radius 3 is 1.61 bits per heavy atom. The molecule has 0 aliphatic rings. The van der Waals surface area contributed by atoms with E-state index in [1.165, 1.54) is 0 Å². The standard InChI is InChI=1S/C44H25N5/c45-26-28-11-9-17-32(25-28)49-43-33(21-23-38-41(43)35-18-7-8-19-36(35)47(38)30-13-3-1-4-14-30)34-22-24-39-42(44(34)49)40-29(27-46)12-10-20-37(40)48(39)31-15-5-2-6-16-31/h1-25H. The van der Waals surface area contributed by atoms with E-state index >= 15 is 0 Å². The molecule has 226 valence electrons. The number of hydrogen-bond donors (Lipinski definition) is 0. The van der Waals surface area contributed by atoms with Crippen molar-refractivity contribution in [3.05, 3.63) is 163 Å². The van der Waals surface area contributed by atoms with Gasteiger partial charge in [-0.1, -0.05) is 78.9 Å². The van der Waals surface area contributed by atoms with Crippen LogP contribution in [0.15, 0.2) is 152 Å². The predicted octanol–water partition coefficient (Wildman–Crippen LogP) is 10.7. The van der Waals surface area contributed by atoms with Crippen LogP contribution in [0.25, 0.3) is 82.5 Å². The van der Waals surface area contributed by atoms with E-state index in [-0.39, 0.29) is 0 Å². The first kappa shape index (κ1) is 27.1. The number of nitriles is 2. The topological polar surface area (TPSA) is 62.4 Å². The largest absolute Gasteiger partial charge is 0.309 e. The number of fused-ring (bicyclic) bond motifs is 11. The van der Waals surface area contributed by atoms with Crippen molar-refractivity contribution >= 4 is 65.4 Å². The second-order valence-electron chi connectivity index (χ2n) is 12.4. The minimum atomic E-state index is 0.586. The smallest absolute Gasteiger partial charge is 0.0999 e. The summed E-state index contributed by atoms with van der Waals surface area (Å²) in [5.41, 5.74) is 10.5. The second kappa shape index (κ2) is 10.2. The van der Waals surface area contributed by atoms with Crippen LogP contribution in [-0.2, 0) is 0 Å². The lowest BCUT2D eigenvalue weighted by Crippen LogP contribution is -1.97. The molecule has 0 amide bonds. The van der Waals surface area contributed by atoms with E-state index in [4.69, 9.17) is 0 Å². The van der Waals surface area contributed by atoms with E-state index in [9.17, 15) is 10.5 Å². The molecular weight excluding hydrogens is 599 g/mol. The minimum absolute atomic E-state index is 0.586. The Bertz CT molecular complexity index is 3050. The third-order valence-corrected chi connectivity index (χ3v) is 9.86. The quantitative estimate of drug-likeness (QED) is 0.197. The van der Waals surface area contributed by atoms with Crippen molar-refractivity contribution in [3.8, 4) is 29.2 Å². The Morgan fingerprint density at radius 2 is 0.918 bits per heavy atom. The van der Waals surface area contributed by atoms with E-state index in [1.54, 1.807) is 0 Å². The Balaban J connectivity index is 1.51. The van der Waals surface area contributed by atoms with Crippen molar-refractivity contribution in [1.82, 2.24) is 13.7 Å². The summed E-state index contributed by atoms with van der Waals surface area (Å²) in [5, 5.41) is 26.9. The molecule has 0 unspecified atom stereocenters. The van der Waals surface area contributed by atoms with E-state index in [0.29, 0.717) is 11.1 Å². The zero-order valence-corrected chi connectivity index (χ0v) is 26.2. The van der Waals surface area contributed by atoms with Crippen LogP contribution >= 0.6 is 0 Å². The summed E-state index contributed by atoms with van der Waals surface area (Å²) in [6.07, 6.45) is 0. The number of aromatic nitrogens is 3. The summed E-state index contributed by atoms with van der Waals surface area (Å²) >= 11 is 0. The first-order valence-corrected chi connectivity index (χ1v) is 16.2. The highest BCUT2D eigenvalue weighted by Crippen LogP contribution is 2.46. The number of hydrogen-bond acceptors (Lipinski definition) is 2. The normalized spacial score (nSPS) is 11.6. The van der Waals surface area contributed by atoms with Gasteiger partial charge in [0.1, 0.15) is 0 Å². The van der Waals surface area contributed by atoms with E-state index < -0.39 is 0 Å². The van der Waals surface area contributed by atoms with Crippen LogP contribution in [0.2, 0.25) is 0 Å². The van der Waals surface area contributed by atoms with Crippen molar-refractivity contribution < 1.29 is 0 Å². The van der Waals surface area contributed by atoms with Gasteiger partial charge in [-0.25, -0.2) is 0 Å². The van der Waals surface area contributed by atoms with Crippen LogP contribution < -0.4 is 0 Å². The Kier molecular flexibility index (Phi) is 5.64. The van der Waals surface area contributed by atoms with E-state index in [2.05, 4.69) is 123 Å². The Hall–Kier alpha value is -7.08. The van der Waals surface area contributed by atoms with Gasteiger partial charge in [-0.3, -0.25) is 0 Å². The first-order valence-electron chi connectivity index (χ1n) is 16.2. The Labute approximate surface area is 280 Å². The van der Waals surface area contributed by atoms with Crippen LogP contribution in [0.5, 0.6) is 0 Å². The molecule has 0 aliphatic heterocycles. The molecule has 0 N–H and O–H groups in total. The molecule has 5 nitrogen and oxygen atoms in total. The number of nitrogens with zero attached hydrogens (tertiary/aromatic N) is 5. The fourth-order valence-corrected chi connectivity index (χ4v) is 7.96. The number of benzene rings is 7. The molecule has 10 rings (SSSR count). The summed E-state index contributed by atoms with van der Waals surface area (Å²) in [6.45, 7) is 0. The Morgan fingerprint density at radius 1 is 0.367 bits per heavy atom. The van der Waals surface area contributed by atoms with Crippen molar-refractivity contribution in [1.29, 1.82) is 10.5 Å². The molecule has 0 saturated carbocycles. The fourth-order valence-electron chi connectivity index (χ4n) is 7.96. The second-order valence-corrected chi connectivity index (χ2v) is 12.4. The van der Waals surface area contributed by atoms with Gasteiger partial charge in [0, 0.05) is 49.4 Å². The molecule has 0 saturated heterocycles. The summed E-state index contributed by atoms with van der Waals surface area (Å²) in [6, 6.07) is 57.0. The predicted molar refractivity (Wildman–Crippen MR) is 199 cm³/mol. The molecule has 0 aliphatic carbocycles. The molecule has 3 heterocycles. The minimum Gasteiger partial charge on any atom is -0.309 e. The third-order valence-electron chi connectivity index (χ3n) is 9.86. The van der Waals surface area contributed by atoms with Gasteiger partial charge in [-0.2, -0.15) is 10.5 Å². The molecular formula is C44H25N5. The lowest BCUT2D eigenvalue weighted by molar-refractivity contribution is 1.17. The lowest BCUT2D eigenvalue weighted by Gasteiger charge is -2.11. The highest BCUT2D eigenvalue weighted by molar-refractivity contribution is 6.32. The molecule has 0 fully saturated rings. The van der Waals surface area contributed by atoms with Gasteiger partial charge < -0.3 is 13.7 Å². The summed E-state index contributed by atoms with van der Waals surface area (Å²) in [7, 11) is 0. The average Bonchev–Trinajstić information content (AvgIpc) is 3.81. The highest BCUT2D eigenvalue weighted by Gasteiger charge is 2.25. The van der Waals surface area contributed by atoms with Crippen LogP contribution in [-0.4, -0.2) is 13.7 Å². The van der Waals surface area contributed by atoms with E-state index in [0.717, 1.165) is 82.5 Å². The van der Waals surface area contributed by atoms with Gasteiger partial charge in [0.25, 0.3) is 0 Å². The fraction of sp³-hybridized carbons (Fsp3) is 0. The molecule has 0 atom stereocenters. The molecule has 49 heavy (non-hydrogen) atoms. The number of rotatable bonds is 3. The van der Waals surface area contributed by atoms with Gasteiger partial charge in [0.15, 0.2) is 0 Å². The van der Waals surface area contributed by atoms with Crippen LogP contribution in [0.1, 0.15) is 11.1 Å². The highest BCUT2D eigenvalue weighted by atomic mass is 15.0. The number of para-hydroxylation sites is 3. The van der Waals surface area contributed by atoms with Crippen molar-refractivity contribution in [2.75, 3.05) is 0 Å². The van der Waals surface area contributed by atoms with Gasteiger partial charge in [-0.15, -0.1) is 0 Å². The first-order chi connectivity index (χ1) is 24.3. The average molecular weight is 624 g/mol. The van der Waals surface area contributed by atoms with Gasteiger partial charge in [-0.05, 0) is 72.8 Å². The summed E-state index contributed by atoms with van der Waals surface area (Å²) in [4.78, 5) is 0. The maximum absolute atomic E-state index is 10.5. The summed E-state index contributed by atoms with van der Waals surface area (Å²) in [5.74, 6) is 0. The van der Waals surface area contributed by atoms with Gasteiger partial charge >= 0.3 is 0 Å². The van der Waals surface area contributed by atoms with Crippen LogP contribution in [0.3, 0.4) is 0 Å². The monoisotopic (exact) mass is 623 g/mol.